The maximum absolute atomic E-state index is 13.6. The summed E-state index contributed by atoms with van der Waals surface area (Å²) in [6.07, 6.45) is 9.02. The first-order valence-electron chi connectivity index (χ1n) is 10.9. The summed E-state index contributed by atoms with van der Waals surface area (Å²) in [6, 6.07) is 9.62. The highest BCUT2D eigenvalue weighted by molar-refractivity contribution is 6.23. The first kappa shape index (κ1) is 15.1. The van der Waals surface area contributed by atoms with Crippen LogP contribution in [0.5, 0.6) is 0 Å². The fraction of sp³-hybridized carbons (Fsp3) is 0.583. The van der Waals surface area contributed by atoms with Gasteiger partial charge in [-0.25, -0.2) is 0 Å². The normalized spacial score (nSPS) is 42.7. The Morgan fingerprint density at radius 1 is 0.815 bits per heavy atom. The van der Waals surface area contributed by atoms with Gasteiger partial charge in [0.15, 0.2) is 0 Å². The second-order valence-electron chi connectivity index (χ2n) is 9.91. The predicted molar refractivity (Wildman–Crippen MR) is 102 cm³/mol. The molecule has 6 atom stereocenters. The molecule has 2 amide bonds. The van der Waals surface area contributed by atoms with Gasteiger partial charge in [-0.1, -0.05) is 42.2 Å². The van der Waals surface area contributed by atoms with Crippen molar-refractivity contribution in [1.82, 2.24) is 0 Å². The number of allylic oxidation sites excluding steroid dienone is 2. The molecule has 3 saturated carbocycles. The molecule has 3 heteroatoms. The molecule has 3 nitrogen and oxygen atoms in total. The van der Waals surface area contributed by atoms with E-state index in [2.05, 4.69) is 0 Å². The van der Waals surface area contributed by atoms with Gasteiger partial charge in [0.25, 0.3) is 0 Å². The van der Waals surface area contributed by atoms with E-state index in [-0.39, 0.29) is 29.1 Å². The molecule has 5 aliphatic carbocycles. The smallest absolute Gasteiger partial charge is 0.238 e. The van der Waals surface area contributed by atoms with E-state index in [9.17, 15) is 9.59 Å². The summed E-state index contributed by atoms with van der Waals surface area (Å²) in [4.78, 5) is 28.8. The van der Waals surface area contributed by atoms with Crippen LogP contribution in [-0.4, -0.2) is 11.8 Å². The van der Waals surface area contributed by atoms with Crippen molar-refractivity contribution in [2.75, 3.05) is 4.90 Å². The maximum Gasteiger partial charge on any atom is 0.238 e. The Kier molecular flexibility index (Phi) is 2.64. The number of amides is 2. The Bertz CT molecular complexity index is 862. The van der Waals surface area contributed by atoms with Crippen molar-refractivity contribution in [3.05, 3.63) is 41.5 Å². The van der Waals surface area contributed by atoms with Gasteiger partial charge in [0.1, 0.15) is 0 Å². The van der Waals surface area contributed by atoms with Crippen LogP contribution < -0.4 is 4.90 Å². The van der Waals surface area contributed by atoms with Crippen LogP contribution in [0.3, 0.4) is 0 Å². The Hall–Kier alpha value is -1.90. The van der Waals surface area contributed by atoms with E-state index in [1.54, 1.807) is 16.0 Å². The number of para-hydroxylation sites is 1. The number of nitrogens with zero attached hydrogens (tertiary/aromatic N) is 1. The lowest BCUT2D eigenvalue weighted by molar-refractivity contribution is -0.124. The molecule has 4 fully saturated rings. The summed E-state index contributed by atoms with van der Waals surface area (Å²) in [7, 11) is 0. The van der Waals surface area contributed by atoms with Gasteiger partial charge < -0.3 is 0 Å². The van der Waals surface area contributed by atoms with Crippen molar-refractivity contribution in [1.29, 1.82) is 0 Å². The molecule has 1 spiro atoms. The lowest BCUT2D eigenvalue weighted by atomic mass is 9.69. The Labute approximate surface area is 159 Å². The molecular formula is C24H25NO2. The number of rotatable bonds is 1. The van der Waals surface area contributed by atoms with Crippen molar-refractivity contribution in [2.24, 2.45) is 40.9 Å². The van der Waals surface area contributed by atoms with Crippen LogP contribution >= 0.6 is 0 Å². The average molecular weight is 359 g/mol. The van der Waals surface area contributed by atoms with Crippen molar-refractivity contribution in [2.45, 2.75) is 44.9 Å². The Morgan fingerprint density at radius 3 is 1.93 bits per heavy atom. The minimum Gasteiger partial charge on any atom is -0.274 e. The third-order valence-corrected chi connectivity index (χ3v) is 9.22. The van der Waals surface area contributed by atoms with Gasteiger partial charge in [-0.3, -0.25) is 14.5 Å². The van der Waals surface area contributed by atoms with Gasteiger partial charge in [0.05, 0.1) is 17.5 Å². The summed E-state index contributed by atoms with van der Waals surface area (Å²) in [6.45, 7) is 0. The molecule has 1 aromatic carbocycles. The molecule has 1 heterocycles. The zero-order chi connectivity index (χ0) is 17.9. The monoisotopic (exact) mass is 359 g/mol. The summed E-state index contributed by atoms with van der Waals surface area (Å²) in [5.41, 5.74) is 4.41. The minimum atomic E-state index is -0.0705. The van der Waals surface area contributed by atoms with Crippen LogP contribution in [0.15, 0.2) is 41.5 Å². The quantitative estimate of drug-likeness (QED) is 0.552. The van der Waals surface area contributed by atoms with Crippen molar-refractivity contribution >= 4 is 17.5 Å². The van der Waals surface area contributed by atoms with Gasteiger partial charge in [-0.15, -0.1) is 0 Å². The molecule has 0 radical (unpaired) electrons. The third kappa shape index (κ3) is 1.52. The number of hydrogen-bond acceptors (Lipinski definition) is 2. The van der Waals surface area contributed by atoms with Crippen LogP contribution in [0, 0.1) is 40.9 Å². The van der Waals surface area contributed by atoms with E-state index < -0.39 is 0 Å². The van der Waals surface area contributed by atoms with Gasteiger partial charge in [0.2, 0.25) is 11.8 Å². The van der Waals surface area contributed by atoms with Crippen molar-refractivity contribution < 1.29 is 9.59 Å². The molecule has 138 valence electrons. The van der Waals surface area contributed by atoms with Gasteiger partial charge in [-0.05, 0) is 73.3 Å². The van der Waals surface area contributed by atoms with Crippen LogP contribution in [0.1, 0.15) is 44.9 Å². The number of anilines is 1. The van der Waals surface area contributed by atoms with Gasteiger partial charge in [-0.2, -0.15) is 0 Å². The number of carbonyl (C=O) groups is 2. The Balaban J connectivity index is 1.39. The first-order valence-corrected chi connectivity index (χ1v) is 10.9. The van der Waals surface area contributed by atoms with Crippen LogP contribution in [0.4, 0.5) is 5.69 Å². The van der Waals surface area contributed by atoms with E-state index in [4.69, 9.17) is 0 Å². The van der Waals surface area contributed by atoms with Crippen molar-refractivity contribution in [3.8, 4) is 0 Å². The molecule has 0 unspecified atom stereocenters. The molecule has 1 aliphatic heterocycles. The number of carbonyl (C=O) groups excluding carboxylic acids is 2. The molecule has 6 aliphatic rings. The minimum absolute atomic E-state index is 0.0705. The number of benzene rings is 1. The second kappa shape index (κ2) is 4.74. The zero-order valence-electron chi connectivity index (χ0n) is 15.6. The summed E-state index contributed by atoms with van der Waals surface area (Å²) in [5, 5.41) is 0. The first-order chi connectivity index (χ1) is 13.2. The van der Waals surface area contributed by atoms with Crippen LogP contribution in [0.25, 0.3) is 0 Å². The zero-order valence-corrected chi connectivity index (χ0v) is 15.6. The summed E-state index contributed by atoms with van der Waals surface area (Å²) in [5.74, 6) is 2.28. The standard InChI is InChI=1S/C24H25NO2/c26-22-18-19(23(27)25(22)15-6-2-1-3-7-15)21-17-14-9-8-13(12-14)16(17)20(18)24(21)10-4-5-11-24/h1-3,6-7,13-14,18-21H,4-5,8-12H2/t13-,14-,18+,19+,20+,21+/m0/s1. The van der Waals surface area contributed by atoms with E-state index in [1.165, 1.54) is 44.9 Å². The summed E-state index contributed by atoms with van der Waals surface area (Å²) >= 11 is 0. The highest BCUT2D eigenvalue weighted by Gasteiger charge is 2.76. The fourth-order valence-corrected chi connectivity index (χ4v) is 8.70. The lowest BCUT2D eigenvalue weighted by Crippen LogP contribution is -2.38. The average Bonchev–Trinajstić information content (AvgIpc) is 3.51. The number of hydrogen-bond donors (Lipinski definition) is 0. The maximum atomic E-state index is 13.6. The van der Waals surface area contributed by atoms with E-state index in [1.807, 2.05) is 30.3 Å². The van der Waals surface area contributed by atoms with Crippen molar-refractivity contribution in [3.63, 3.8) is 0 Å². The molecule has 4 bridgehead atoms. The third-order valence-electron chi connectivity index (χ3n) is 9.22. The highest BCUT2D eigenvalue weighted by Crippen LogP contribution is 2.78. The number of imide groups is 1. The molecule has 0 aromatic heterocycles. The van der Waals surface area contributed by atoms with E-state index >= 15 is 0 Å². The largest absolute Gasteiger partial charge is 0.274 e. The highest BCUT2D eigenvalue weighted by atomic mass is 16.2. The molecule has 0 N–H and O–H groups in total. The van der Waals surface area contributed by atoms with Crippen LogP contribution in [0.2, 0.25) is 0 Å². The summed E-state index contributed by atoms with van der Waals surface area (Å²) < 4.78 is 0. The van der Waals surface area contributed by atoms with E-state index in [0.717, 1.165) is 17.5 Å². The number of fused-ring (bicyclic) bond motifs is 9. The Morgan fingerprint density at radius 2 is 1.37 bits per heavy atom. The molecule has 7 rings (SSSR count). The second-order valence-corrected chi connectivity index (χ2v) is 9.91. The fourth-order valence-electron chi connectivity index (χ4n) is 8.70. The van der Waals surface area contributed by atoms with E-state index in [0.29, 0.717) is 11.8 Å². The predicted octanol–water partition coefficient (Wildman–Crippen LogP) is 4.34. The van der Waals surface area contributed by atoms with Gasteiger partial charge in [0, 0.05) is 0 Å². The molecule has 27 heavy (non-hydrogen) atoms. The van der Waals surface area contributed by atoms with Crippen LogP contribution in [-0.2, 0) is 9.59 Å². The lowest BCUT2D eigenvalue weighted by Gasteiger charge is -2.36. The topological polar surface area (TPSA) is 37.4 Å². The van der Waals surface area contributed by atoms with Gasteiger partial charge >= 0.3 is 0 Å². The SMILES string of the molecule is O=C1[C@@H]2[C@@H](C(=O)N1c1ccccc1)[C@H]1C3=C([C@H]4CC[C@H]3C4)[C@H]2C12CCCC2. The molecule has 1 aromatic rings. The molecule has 1 saturated heterocycles. The molecular weight excluding hydrogens is 334 g/mol.